The summed E-state index contributed by atoms with van der Waals surface area (Å²) in [5, 5.41) is 4.17. The van der Waals surface area contributed by atoms with E-state index >= 15 is 0 Å². The molecule has 0 atom stereocenters. The zero-order valence-corrected chi connectivity index (χ0v) is 20.9. The van der Waals surface area contributed by atoms with E-state index in [1.54, 1.807) is 16.0 Å². The summed E-state index contributed by atoms with van der Waals surface area (Å²) in [5.74, 6) is 1.35. The van der Waals surface area contributed by atoms with Gasteiger partial charge in [-0.1, -0.05) is 18.2 Å². The molecule has 2 saturated heterocycles. The number of carbonyl (C=O) groups excluding carboxylic acids is 2. The van der Waals surface area contributed by atoms with Crippen LogP contribution in [0.5, 0.6) is 5.75 Å². The second-order valence-electron chi connectivity index (χ2n) is 10.3. The fraction of sp³-hybridized carbons (Fsp3) is 0.462. The molecule has 0 unspecified atom stereocenters. The topological polar surface area (TPSA) is 113 Å². The Labute approximate surface area is 210 Å². The molecule has 0 saturated carbocycles. The van der Waals surface area contributed by atoms with E-state index in [1.165, 1.54) is 6.33 Å². The molecule has 4 heterocycles. The van der Waals surface area contributed by atoms with E-state index in [-0.39, 0.29) is 24.1 Å². The fourth-order valence-corrected chi connectivity index (χ4v) is 4.51. The lowest BCUT2D eigenvalue weighted by atomic mass is 10.0. The first-order valence-electron chi connectivity index (χ1n) is 12.3. The third-order valence-electron chi connectivity index (χ3n) is 6.37. The van der Waals surface area contributed by atoms with Crippen LogP contribution in [0.15, 0.2) is 42.9 Å². The van der Waals surface area contributed by atoms with E-state index in [9.17, 15) is 9.59 Å². The first kappa shape index (κ1) is 23.9. The molecule has 10 nitrogen and oxygen atoms in total. The Hall–Kier alpha value is -3.82. The van der Waals surface area contributed by atoms with Crippen molar-refractivity contribution in [1.29, 1.82) is 0 Å². The average Bonchev–Trinajstić information content (AvgIpc) is 3.26. The second-order valence-corrected chi connectivity index (χ2v) is 10.3. The maximum Gasteiger partial charge on any atom is 0.410 e. The van der Waals surface area contributed by atoms with Crippen molar-refractivity contribution in [2.45, 2.75) is 51.4 Å². The smallest absolute Gasteiger partial charge is 0.410 e. The number of piperidine rings is 1. The normalized spacial score (nSPS) is 17.1. The van der Waals surface area contributed by atoms with Gasteiger partial charge in [0.1, 0.15) is 35.2 Å². The van der Waals surface area contributed by atoms with Crippen LogP contribution < -0.4 is 10.1 Å². The third kappa shape index (κ3) is 5.22. The summed E-state index contributed by atoms with van der Waals surface area (Å²) in [7, 11) is 0. The molecule has 10 heteroatoms. The summed E-state index contributed by atoms with van der Waals surface area (Å²) in [4.78, 5) is 41.0. The monoisotopic (exact) mass is 492 g/mol. The Morgan fingerprint density at radius 2 is 1.78 bits per heavy atom. The molecule has 0 aliphatic carbocycles. The highest BCUT2D eigenvalue weighted by atomic mass is 16.6. The Balaban J connectivity index is 1.22. The lowest BCUT2D eigenvalue weighted by Gasteiger charge is -2.39. The summed E-state index contributed by atoms with van der Waals surface area (Å²) < 4.78 is 11.4. The van der Waals surface area contributed by atoms with Crippen molar-refractivity contribution in [3.63, 3.8) is 0 Å². The number of fused-ring (bicyclic) bond motifs is 1. The first-order valence-corrected chi connectivity index (χ1v) is 12.3. The number of para-hydroxylation sites is 1. The van der Waals surface area contributed by atoms with Crippen LogP contribution in [0.2, 0.25) is 0 Å². The van der Waals surface area contributed by atoms with Gasteiger partial charge in [-0.05, 0) is 45.7 Å². The summed E-state index contributed by atoms with van der Waals surface area (Å²) >= 11 is 0. The van der Waals surface area contributed by atoms with Crippen LogP contribution in [0.3, 0.4) is 0 Å². The minimum absolute atomic E-state index is 0.0226. The van der Waals surface area contributed by atoms with Crippen LogP contribution in [0.1, 0.15) is 44.0 Å². The molecule has 0 spiro atoms. The van der Waals surface area contributed by atoms with Crippen LogP contribution in [-0.4, -0.2) is 80.7 Å². The fourth-order valence-electron chi connectivity index (χ4n) is 4.51. The van der Waals surface area contributed by atoms with Gasteiger partial charge in [0.2, 0.25) is 0 Å². The molecule has 2 amide bonds. The molecule has 2 aliphatic heterocycles. The van der Waals surface area contributed by atoms with Gasteiger partial charge in [0.25, 0.3) is 5.91 Å². The van der Waals surface area contributed by atoms with Crippen molar-refractivity contribution >= 4 is 28.9 Å². The number of rotatable bonds is 5. The molecule has 0 bridgehead atoms. The van der Waals surface area contributed by atoms with Crippen molar-refractivity contribution in [3.8, 4) is 5.75 Å². The molecule has 5 rings (SSSR count). The Kier molecular flexibility index (Phi) is 6.42. The predicted octanol–water partition coefficient (Wildman–Crippen LogP) is 3.67. The summed E-state index contributed by atoms with van der Waals surface area (Å²) in [6.45, 7) is 7.84. The van der Waals surface area contributed by atoms with Gasteiger partial charge in [0, 0.05) is 25.3 Å². The summed E-state index contributed by atoms with van der Waals surface area (Å²) in [6.07, 6.45) is 4.38. The Morgan fingerprint density at radius 1 is 1.06 bits per heavy atom. The van der Waals surface area contributed by atoms with Gasteiger partial charge in [-0.2, -0.15) is 0 Å². The number of nitrogens with zero attached hydrogens (tertiary/aromatic N) is 4. The lowest BCUT2D eigenvalue weighted by molar-refractivity contribution is 0.0179. The van der Waals surface area contributed by atoms with Gasteiger partial charge in [0.05, 0.1) is 24.0 Å². The molecule has 3 aromatic rings. The molecule has 2 N–H and O–H groups in total. The molecule has 190 valence electrons. The maximum atomic E-state index is 13.3. The highest BCUT2D eigenvalue weighted by Crippen LogP contribution is 2.28. The molecule has 1 aromatic carbocycles. The zero-order valence-electron chi connectivity index (χ0n) is 20.9. The van der Waals surface area contributed by atoms with Crippen molar-refractivity contribution < 1.29 is 19.1 Å². The Bertz CT molecular complexity index is 1220. The molecular formula is C26H32N6O4. The van der Waals surface area contributed by atoms with Crippen LogP contribution >= 0.6 is 0 Å². The maximum absolute atomic E-state index is 13.3. The van der Waals surface area contributed by atoms with Crippen LogP contribution in [-0.2, 0) is 4.74 Å². The largest absolute Gasteiger partial charge is 0.487 e. The van der Waals surface area contributed by atoms with Crippen molar-refractivity contribution in [2.24, 2.45) is 0 Å². The molecule has 0 radical (unpaired) electrons. The van der Waals surface area contributed by atoms with Crippen molar-refractivity contribution in [3.05, 3.63) is 48.4 Å². The average molecular weight is 493 g/mol. The van der Waals surface area contributed by atoms with Gasteiger partial charge in [-0.15, -0.1) is 0 Å². The SMILES string of the molecule is CC(C)(C)OC(=O)N1CCC(Nc2ncnc3[nH]cc(C(=O)N4CC(Oc5ccccc5)C4)c23)CC1. The number of likely N-dealkylation sites (tertiary alicyclic amines) is 2. The van der Waals surface area contributed by atoms with E-state index < -0.39 is 5.60 Å². The molecule has 2 aliphatic rings. The number of ether oxygens (including phenoxy) is 2. The highest BCUT2D eigenvalue weighted by molar-refractivity contribution is 6.09. The molecule has 2 fully saturated rings. The summed E-state index contributed by atoms with van der Waals surface area (Å²) in [6, 6.07) is 9.75. The minimum Gasteiger partial charge on any atom is -0.487 e. The molecule has 2 aromatic heterocycles. The van der Waals surface area contributed by atoms with E-state index in [4.69, 9.17) is 9.47 Å². The number of amides is 2. The zero-order chi connectivity index (χ0) is 25.3. The summed E-state index contributed by atoms with van der Waals surface area (Å²) in [5.41, 5.74) is 0.636. The molecular weight excluding hydrogens is 460 g/mol. The van der Waals surface area contributed by atoms with Gasteiger partial charge in [-0.3, -0.25) is 4.79 Å². The van der Waals surface area contributed by atoms with E-state index in [1.807, 2.05) is 51.1 Å². The highest BCUT2D eigenvalue weighted by Gasteiger charge is 2.35. The van der Waals surface area contributed by atoms with Gasteiger partial charge in [-0.25, -0.2) is 14.8 Å². The molecule has 36 heavy (non-hydrogen) atoms. The number of nitrogens with one attached hydrogen (secondary N) is 2. The van der Waals surface area contributed by atoms with Crippen LogP contribution in [0, 0.1) is 0 Å². The minimum atomic E-state index is -0.514. The number of aromatic nitrogens is 3. The van der Waals surface area contributed by atoms with E-state index in [0.29, 0.717) is 48.6 Å². The van der Waals surface area contributed by atoms with Gasteiger partial charge >= 0.3 is 6.09 Å². The number of hydrogen-bond acceptors (Lipinski definition) is 7. The second kappa shape index (κ2) is 9.67. The predicted molar refractivity (Wildman–Crippen MR) is 135 cm³/mol. The number of benzene rings is 1. The van der Waals surface area contributed by atoms with Crippen LogP contribution in [0.4, 0.5) is 10.6 Å². The van der Waals surface area contributed by atoms with E-state index in [2.05, 4.69) is 20.3 Å². The van der Waals surface area contributed by atoms with Crippen molar-refractivity contribution in [1.82, 2.24) is 24.8 Å². The van der Waals surface area contributed by atoms with Gasteiger partial charge in [0.15, 0.2) is 0 Å². The van der Waals surface area contributed by atoms with Gasteiger partial charge < -0.3 is 29.6 Å². The quantitative estimate of drug-likeness (QED) is 0.559. The first-order chi connectivity index (χ1) is 17.3. The number of aromatic amines is 1. The number of H-pyrrole nitrogens is 1. The standard InChI is InChI=1S/C26H32N6O4/c1-26(2,3)36-25(34)31-11-9-17(10-12-31)30-23-21-20(13-27-22(21)28-16-29-23)24(33)32-14-19(15-32)35-18-7-5-4-6-8-18/h4-8,13,16-17,19H,9-12,14-15H2,1-3H3,(H2,27,28,29,30). The van der Waals surface area contributed by atoms with Crippen molar-refractivity contribution in [2.75, 3.05) is 31.5 Å². The van der Waals surface area contributed by atoms with Crippen LogP contribution in [0.25, 0.3) is 11.0 Å². The number of hydrogen-bond donors (Lipinski definition) is 2. The van der Waals surface area contributed by atoms with E-state index in [0.717, 1.165) is 18.6 Å². The lowest BCUT2D eigenvalue weighted by Crippen LogP contribution is -2.56. The number of anilines is 1. The third-order valence-corrected chi connectivity index (χ3v) is 6.37. The number of carbonyl (C=O) groups is 2. The Morgan fingerprint density at radius 3 is 2.47 bits per heavy atom.